The van der Waals surface area contributed by atoms with Crippen molar-refractivity contribution in [1.82, 2.24) is 10.3 Å². The lowest BCUT2D eigenvalue weighted by atomic mass is 9.99. The van der Waals surface area contributed by atoms with Crippen LogP contribution in [0.25, 0.3) is 0 Å². The van der Waals surface area contributed by atoms with Crippen molar-refractivity contribution in [2.45, 2.75) is 72.3 Å². The fraction of sp³-hybridized carbons (Fsp3) is 0.722. The van der Waals surface area contributed by atoms with Crippen LogP contribution in [0, 0.1) is 26.7 Å². The fourth-order valence-corrected chi connectivity index (χ4v) is 3.80. The van der Waals surface area contributed by atoms with Gasteiger partial charge >= 0.3 is 0 Å². The standard InChI is InChI=1S/C18H30N2/c1-13-12-14(2)20-16(4)18(13)15(3)19-11-7-10-17-8-5-6-9-17/h12,15,17,19H,5-11H2,1-4H3. The van der Waals surface area contributed by atoms with Crippen LogP contribution in [0.5, 0.6) is 0 Å². The van der Waals surface area contributed by atoms with E-state index in [0.717, 1.165) is 18.2 Å². The van der Waals surface area contributed by atoms with Gasteiger partial charge in [0.15, 0.2) is 0 Å². The van der Waals surface area contributed by atoms with Crippen molar-refractivity contribution in [1.29, 1.82) is 0 Å². The number of nitrogens with one attached hydrogen (secondary N) is 1. The van der Waals surface area contributed by atoms with E-state index in [1.165, 1.54) is 55.3 Å². The highest BCUT2D eigenvalue weighted by atomic mass is 14.9. The maximum Gasteiger partial charge on any atom is 0.0426 e. The SMILES string of the molecule is Cc1cc(C)c(C(C)NCCCC2CCCC2)c(C)n1. The molecule has 1 N–H and O–H groups in total. The Morgan fingerprint density at radius 1 is 1.25 bits per heavy atom. The van der Waals surface area contributed by atoms with Crippen molar-refractivity contribution in [3.63, 3.8) is 0 Å². The molecule has 112 valence electrons. The highest BCUT2D eigenvalue weighted by Gasteiger charge is 2.15. The van der Waals surface area contributed by atoms with Crippen molar-refractivity contribution >= 4 is 0 Å². The van der Waals surface area contributed by atoms with Gasteiger partial charge in [-0.25, -0.2) is 0 Å². The molecule has 0 saturated heterocycles. The summed E-state index contributed by atoms with van der Waals surface area (Å²) in [7, 11) is 0. The number of aryl methyl sites for hydroxylation is 3. The van der Waals surface area contributed by atoms with E-state index in [-0.39, 0.29) is 0 Å². The van der Waals surface area contributed by atoms with E-state index < -0.39 is 0 Å². The van der Waals surface area contributed by atoms with Gasteiger partial charge in [-0.05, 0) is 70.2 Å². The topological polar surface area (TPSA) is 24.9 Å². The maximum atomic E-state index is 4.61. The summed E-state index contributed by atoms with van der Waals surface area (Å²) in [4.78, 5) is 4.61. The zero-order valence-electron chi connectivity index (χ0n) is 13.6. The lowest BCUT2D eigenvalue weighted by Crippen LogP contribution is -2.22. The summed E-state index contributed by atoms with van der Waals surface area (Å²) in [6.45, 7) is 9.80. The lowest BCUT2D eigenvalue weighted by Gasteiger charge is -2.19. The van der Waals surface area contributed by atoms with E-state index in [2.05, 4.69) is 44.1 Å². The third kappa shape index (κ3) is 4.05. The molecule has 20 heavy (non-hydrogen) atoms. The Hall–Kier alpha value is -0.890. The normalized spacial score (nSPS) is 17.6. The minimum absolute atomic E-state index is 0.409. The highest BCUT2D eigenvalue weighted by Crippen LogP contribution is 2.28. The monoisotopic (exact) mass is 274 g/mol. The van der Waals surface area contributed by atoms with Gasteiger partial charge in [0.05, 0.1) is 0 Å². The molecule has 1 unspecified atom stereocenters. The van der Waals surface area contributed by atoms with E-state index in [9.17, 15) is 0 Å². The van der Waals surface area contributed by atoms with Gasteiger partial charge in [0.1, 0.15) is 0 Å². The van der Waals surface area contributed by atoms with Crippen LogP contribution in [0.4, 0.5) is 0 Å². The molecule has 0 aliphatic heterocycles. The number of hydrogen-bond donors (Lipinski definition) is 1. The van der Waals surface area contributed by atoms with E-state index in [4.69, 9.17) is 0 Å². The third-order valence-electron chi connectivity index (χ3n) is 4.73. The Bertz CT molecular complexity index is 410. The Morgan fingerprint density at radius 2 is 1.95 bits per heavy atom. The molecule has 1 saturated carbocycles. The van der Waals surface area contributed by atoms with Gasteiger partial charge in [-0.1, -0.05) is 25.7 Å². The molecule has 2 nitrogen and oxygen atoms in total. The van der Waals surface area contributed by atoms with Crippen LogP contribution in [-0.4, -0.2) is 11.5 Å². The summed E-state index contributed by atoms with van der Waals surface area (Å²) in [6, 6.07) is 2.60. The Balaban J connectivity index is 1.80. The van der Waals surface area contributed by atoms with Gasteiger partial charge in [-0.3, -0.25) is 4.98 Å². The van der Waals surface area contributed by atoms with Gasteiger partial charge < -0.3 is 5.32 Å². The summed E-state index contributed by atoms with van der Waals surface area (Å²) >= 11 is 0. The molecule has 0 spiro atoms. The fourth-order valence-electron chi connectivity index (χ4n) is 3.80. The minimum Gasteiger partial charge on any atom is -0.310 e. The van der Waals surface area contributed by atoms with Crippen molar-refractivity contribution in [2.24, 2.45) is 5.92 Å². The van der Waals surface area contributed by atoms with Gasteiger partial charge in [0.2, 0.25) is 0 Å². The van der Waals surface area contributed by atoms with Crippen LogP contribution in [0.15, 0.2) is 6.07 Å². The molecular weight excluding hydrogens is 244 g/mol. The highest BCUT2D eigenvalue weighted by molar-refractivity contribution is 5.33. The molecule has 1 aromatic rings. The summed E-state index contributed by atoms with van der Waals surface area (Å²) in [6.07, 6.45) is 8.57. The minimum atomic E-state index is 0.409. The molecule has 0 amide bonds. The first-order valence-electron chi connectivity index (χ1n) is 8.26. The van der Waals surface area contributed by atoms with Gasteiger partial charge in [-0.2, -0.15) is 0 Å². The number of rotatable bonds is 6. The zero-order chi connectivity index (χ0) is 14.5. The van der Waals surface area contributed by atoms with Crippen LogP contribution >= 0.6 is 0 Å². The average Bonchev–Trinajstić information content (AvgIpc) is 2.86. The second kappa shape index (κ2) is 7.21. The maximum absolute atomic E-state index is 4.61. The Kier molecular flexibility index (Phi) is 5.59. The zero-order valence-corrected chi connectivity index (χ0v) is 13.6. The van der Waals surface area contributed by atoms with Crippen LogP contribution in [0.3, 0.4) is 0 Å². The number of nitrogens with zero attached hydrogens (tertiary/aromatic N) is 1. The average molecular weight is 274 g/mol. The number of pyridine rings is 1. The molecule has 0 bridgehead atoms. The van der Waals surface area contributed by atoms with E-state index in [1.807, 2.05) is 0 Å². The Labute approximate surface area is 124 Å². The van der Waals surface area contributed by atoms with Crippen LogP contribution in [0.2, 0.25) is 0 Å². The summed E-state index contributed by atoms with van der Waals surface area (Å²) in [5.74, 6) is 1.01. The molecular formula is C18H30N2. The van der Waals surface area contributed by atoms with Gasteiger partial charge in [0.25, 0.3) is 0 Å². The van der Waals surface area contributed by atoms with E-state index in [0.29, 0.717) is 6.04 Å². The van der Waals surface area contributed by atoms with Crippen molar-refractivity contribution in [2.75, 3.05) is 6.54 Å². The van der Waals surface area contributed by atoms with Crippen molar-refractivity contribution < 1.29 is 0 Å². The predicted molar refractivity (Wildman–Crippen MR) is 86.1 cm³/mol. The van der Waals surface area contributed by atoms with Crippen molar-refractivity contribution in [3.8, 4) is 0 Å². The number of hydrogen-bond acceptors (Lipinski definition) is 2. The second-order valence-electron chi connectivity index (χ2n) is 6.55. The molecule has 1 fully saturated rings. The molecule has 2 heteroatoms. The molecule has 1 aliphatic carbocycles. The van der Waals surface area contributed by atoms with Crippen LogP contribution < -0.4 is 5.32 Å². The molecule has 0 radical (unpaired) electrons. The van der Waals surface area contributed by atoms with E-state index >= 15 is 0 Å². The first-order chi connectivity index (χ1) is 9.58. The first kappa shape index (κ1) is 15.5. The number of aromatic nitrogens is 1. The first-order valence-corrected chi connectivity index (χ1v) is 8.26. The predicted octanol–water partition coefficient (Wildman–Crippen LogP) is 4.63. The van der Waals surface area contributed by atoms with Crippen LogP contribution in [-0.2, 0) is 0 Å². The molecule has 1 aromatic heterocycles. The Morgan fingerprint density at radius 3 is 2.60 bits per heavy atom. The molecule has 1 aliphatic rings. The molecule has 0 aromatic carbocycles. The second-order valence-corrected chi connectivity index (χ2v) is 6.55. The smallest absolute Gasteiger partial charge is 0.0426 e. The summed E-state index contributed by atoms with van der Waals surface area (Å²) < 4.78 is 0. The van der Waals surface area contributed by atoms with E-state index in [1.54, 1.807) is 0 Å². The quantitative estimate of drug-likeness (QED) is 0.765. The van der Waals surface area contributed by atoms with Gasteiger partial charge in [-0.15, -0.1) is 0 Å². The van der Waals surface area contributed by atoms with Gasteiger partial charge in [0, 0.05) is 17.4 Å². The summed E-state index contributed by atoms with van der Waals surface area (Å²) in [5, 5.41) is 3.68. The van der Waals surface area contributed by atoms with Crippen molar-refractivity contribution in [3.05, 3.63) is 28.6 Å². The lowest BCUT2D eigenvalue weighted by molar-refractivity contribution is 0.455. The van der Waals surface area contributed by atoms with Crippen LogP contribution in [0.1, 0.15) is 74.0 Å². The largest absolute Gasteiger partial charge is 0.310 e. The third-order valence-corrected chi connectivity index (χ3v) is 4.73. The summed E-state index contributed by atoms with van der Waals surface area (Å²) in [5.41, 5.74) is 5.05. The molecule has 1 atom stereocenters. The molecule has 2 rings (SSSR count). The molecule has 1 heterocycles.